The molecule has 2 rings (SSSR count). The first-order chi connectivity index (χ1) is 8.33. The van der Waals surface area contributed by atoms with Crippen molar-refractivity contribution in [2.24, 2.45) is 11.7 Å². The van der Waals surface area contributed by atoms with E-state index in [0.29, 0.717) is 0 Å². The van der Waals surface area contributed by atoms with E-state index in [4.69, 9.17) is 10.5 Å². The average molecular weight is 233 g/mol. The first kappa shape index (κ1) is 12.4. The zero-order valence-corrected chi connectivity index (χ0v) is 10.7. The highest BCUT2D eigenvalue weighted by molar-refractivity contribution is 5.29. The van der Waals surface area contributed by atoms with Crippen LogP contribution in [0.4, 0.5) is 0 Å². The summed E-state index contributed by atoms with van der Waals surface area (Å²) < 4.78 is 5.20. The van der Waals surface area contributed by atoms with Crippen molar-refractivity contribution in [3.63, 3.8) is 0 Å². The molecule has 1 aliphatic carbocycles. The summed E-state index contributed by atoms with van der Waals surface area (Å²) in [4.78, 5) is 0. The summed E-state index contributed by atoms with van der Waals surface area (Å²) in [6.07, 6.45) is 6.51. The normalized spacial score (nSPS) is 25.3. The molecule has 2 nitrogen and oxygen atoms in total. The summed E-state index contributed by atoms with van der Waals surface area (Å²) >= 11 is 0. The highest BCUT2D eigenvalue weighted by Crippen LogP contribution is 2.34. The lowest BCUT2D eigenvalue weighted by Crippen LogP contribution is -2.13. The second kappa shape index (κ2) is 6.06. The Morgan fingerprint density at radius 3 is 2.53 bits per heavy atom. The van der Waals surface area contributed by atoms with Gasteiger partial charge in [0.15, 0.2) is 0 Å². The zero-order valence-electron chi connectivity index (χ0n) is 10.7. The number of nitrogens with two attached hydrogens (primary N) is 1. The fourth-order valence-corrected chi connectivity index (χ4v) is 2.82. The Morgan fingerprint density at radius 2 is 1.88 bits per heavy atom. The molecular formula is C15H23NO. The van der Waals surface area contributed by atoms with E-state index in [1.807, 2.05) is 0 Å². The van der Waals surface area contributed by atoms with E-state index >= 15 is 0 Å². The van der Waals surface area contributed by atoms with Crippen molar-refractivity contribution in [3.05, 3.63) is 29.8 Å². The Kier molecular flexibility index (Phi) is 4.43. The van der Waals surface area contributed by atoms with Crippen LogP contribution in [0.25, 0.3) is 0 Å². The fraction of sp³-hybridized carbons (Fsp3) is 0.600. The van der Waals surface area contributed by atoms with E-state index < -0.39 is 0 Å². The van der Waals surface area contributed by atoms with Crippen molar-refractivity contribution in [2.75, 3.05) is 13.7 Å². The molecule has 0 aromatic heterocycles. The second-order valence-corrected chi connectivity index (χ2v) is 5.08. The number of hydrogen-bond donors (Lipinski definition) is 1. The predicted octanol–water partition coefficient (Wildman–Crippen LogP) is 3.32. The van der Waals surface area contributed by atoms with Gasteiger partial charge in [0.1, 0.15) is 5.75 Å². The summed E-state index contributed by atoms with van der Waals surface area (Å²) in [6.45, 7) is 0.856. The standard InChI is InChI=1S/C15H23NO/c1-17-15-9-7-14(8-10-15)13-4-2-3-12(11-16)5-6-13/h7-10,12-13H,2-6,11,16H2,1H3/t12-,13-/m1/s1. The molecule has 0 saturated heterocycles. The van der Waals surface area contributed by atoms with Crippen molar-refractivity contribution in [1.29, 1.82) is 0 Å². The van der Waals surface area contributed by atoms with E-state index in [9.17, 15) is 0 Å². The number of hydrogen-bond acceptors (Lipinski definition) is 2. The summed E-state index contributed by atoms with van der Waals surface area (Å²) in [6, 6.07) is 8.57. The molecule has 0 amide bonds. The van der Waals surface area contributed by atoms with Gasteiger partial charge in [-0.3, -0.25) is 0 Å². The van der Waals surface area contributed by atoms with Gasteiger partial charge in [-0.15, -0.1) is 0 Å². The van der Waals surface area contributed by atoms with Gasteiger partial charge < -0.3 is 10.5 Å². The van der Waals surface area contributed by atoms with Crippen LogP contribution in [-0.2, 0) is 0 Å². The third-order valence-corrected chi connectivity index (χ3v) is 4.01. The number of rotatable bonds is 3. The van der Waals surface area contributed by atoms with Gasteiger partial charge in [-0.1, -0.05) is 18.6 Å². The van der Waals surface area contributed by atoms with Crippen LogP contribution in [0.5, 0.6) is 5.75 Å². The van der Waals surface area contributed by atoms with Crippen LogP contribution in [-0.4, -0.2) is 13.7 Å². The molecule has 0 heterocycles. The molecule has 94 valence electrons. The Hall–Kier alpha value is -1.02. The van der Waals surface area contributed by atoms with Gasteiger partial charge in [0, 0.05) is 0 Å². The lowest BCUT2D eigenvalue weighted by atomic mass is 9.91. The predicted molar refractivity (Wildman–Crippen MR) is 71.4 cm³/mol. The van der Waals surface area contributed by atoms with Crippen molar-refractivity contribution < 1.29 is 4.74 Å². The quantitative estimate of drug-likeness (QED) is 0.813. The molecule has 17 heavy (non-hydrogen) atoms. The average Bonchev–Trinajstić information content (AvgIpc) is 2.64. The molecule has 1 saturated carbocycles. The summed E-state index contributed by atoms with van der Waals surface area (Å²) in [5, 5.41) is 0. The number of methoxy groups -OCH3 is 1. The topological polar surface area (TPSA) is 35.2 Å². The molecule has 1 aromatic rings. The molecule has 2 N–H and O–H groups in total. The Labute approximate surface area is 104 Å². The number of benzene rings is 1. The van der Waals surface area contributed by atoms with Gasteiger partial charge in [0.05, 0.1) is 7.11 Å². The van der Waals surface area contributed by atoms with E-state index in [-0.39, 0.29) is 0 Å². The van der Waals surface area contributed by atoms with Crippen LogP contribution in [0.3, 0.4) is 0 Å². The molecule has 0 unspecified atom stereocenters. The Balaban J connectivity index is 2.01. The van der Waals surface area contributed by atoms with Gasteiger partial charge in [-0.25, -0.2) is 0 Å². The van der Waals surface area contributed by atoms with E-state index in [1.165, 1.54) is 37.7 Å². The third-order valence-electron chi connectivity index (χ3n) is 4.01. The first-order valence-corrected chi connectivity index (χ1v) is 6.67. The van der Waals surface area contributed by atoms with Crippen LogP contribution in [0.2, 0.25) is 0 Å². The Morgan fingerprint density at radius 1 is 1.12 bits per heavy atom. The van der Waals surface area contributed by atoms with E-state index in [2.05, 4.69) is 24.3 Å². The van der Waals surface area contributed by atoms with Crippen molar-refractivity contribution in [1.82, 2.24) is 0 Å². The van der Waals surface area contributed by atoms with Gasteiger partial charge >= 0.3 is 0 Å². The highest BCUT2D eigenvalue weighted by atomic mass is 16.5. The summed E-state index contributed by atoms with van der Waals surface area (Å²) in [7, 11) is 1.71. The molecule has 0 spiro atoms. The van der Waals surface area contributed by atoms with E-state index in [0.717, 1.165) is 24.1 Å². The monoisotopic (exact) mass is 233 g/mol. The molecular weight excluding hydrogens is 210 g/mol. The first-order valence-electron chi connectivity index (χ1n) is 6.67. The summed E-state index contributed by atoms with van der Waals surface area (Å²) in [5.41, 5.74) is 7.24. The van der Waals surface area contributed by atoms with Crippen LogP contribution >= 0.6 is 0 Å². The van der Waals surface area contributed by atoms with Gasteiger partial charge in [0.2, 0.25) is 0 Å². The molecule has 0 aliphatic heterocycles. The van der Waals surface area contributed by atoms with Crippen LogP contribution < -0.4 is 10.5 Å². The highest BCUT2D eigenvalue weighted by Gasteiger charge is 2.19. The van der Waals surface area contributed by atoms with E-state index in [1.54, 1.807) is 7.11 Å². The SMILES string of the molecule is COc1ccc([C@@H]2CCC[C@@H](CN)CC2)cc1. The van der Waals surface area contributed by atoms with Crippen LogP contribution in [0.15, 0.2) is 24.3 Å². The second-order valence-electron chi connectivity index (χ2n) is 5.08. The number of ether oxygens (including phenoxy) is 1. The van der Waals surface area contributed by atoms with Gasteiger partial charge in [-0.05, 0) is 61.8 Å². The largest absolute Gasteiger partial charge is 0.497 e. The van der Waals surface area contributed by atoms with Crippen LogP contribution in [0, 0.1) is 5.92 Å². The maximum atomic E-state index is 5.78. The molecule has 1 fully saturated rings. The van der Waals surface area contributed by atoms with Crippen molar-refractivity contribution >= 4 is 0 Å². The van der Waals surface area contributed by atoms with Gasteiger partial charge in [0.25, 0.3) is 0 Å². The maximum Gasteiger partial charge on any atom is 0.118 e. The molecule has 0 bridgehead atoms. The molecule has 2 atom stereocenters. The minimum absolute atomic E-state index is 0.720. The Bertz CT molecular complexity index is 333. The van der Waals surface area contributed by atoms with Gasteiger partial charge in [-0.2, -0.15) is 0 Å². The zero-order chi connectivity index (χ0) is 12.1. The minimum atomic E-state index is 0.720. The lowest BCUT2D eigenvalue weighted by molar-refractivity contribution is 0.414. The minimum Gasteiger partial charge on any atom is -0.497 e. The van der Waals surface area contributed by atoms with Crippen molar-refractivity contribution in [2.45, 2.75) is 38.0 Å². The smallest absolute Gasteiger partial charge is 0.118 e. The molecule has 2 heteroatoms. The third kappa shape index (κ3) is 3.22. The van der Waals surface area contributed by atoms with Crippen molar-refractivity contribution in [3.8, 4) is 5.75 Å². The fourth-order valence-electron chi connectivity index (χ4n) is 2.82. The molecule has 1 aromatic carbocycles. The lowest BCUT2D eigenvalue weighted by Gasteiger charge is -2.15. The maximum absolute atomic E-state index is 5.78. The van der Waals surface area contributed by atoms with Crippen LogP contribution in [0.1, 0.15) is 43.6 Å². The summed E-state index contributed by atoms with van der Waals surface area (Å²) in [5.74, 6) is 2.41. The molecule has 1 aliphatic rings. The molecule has 0 radical (unpaired) electrons.